The molecule has 0 aliphatic rings. The van der Waals surface area contributed by atoms with Gasteiger partial charge >= 0.3 is 0 Å². The molecule has 0 bridgehead atoms. The van der Waals surface area contributed by atoms with Crippen LogP contribution in [0.5, 0.6) is 0 Å². The Labute approximate surface area is 109 Å². The Hall–Kier alpha value is -2.13. The molecule has 1 amide bonds. The number of hydrogen-bond acceptors (Lipinski definition) is 2. The first kappa shape index (κ1) is 11.0. The zero-order valence-electron chi connectivity index (χ0n) is 9.59. The molecular formula is C15H11NOS. The first-order chi connectivity index (χ1) is 8.84. The van der Waals surface area contributed by atoms with Crippen molar-refractivity contribution in [1.29, 1.82) is 0 Å². The van der Waals surface area contributed by atoms with E-state index in [9.17, 15) is 4.79 Å². The molecule has 0 atom stereocenters. The summed E-state index contributed by atoms with van der Waals surface area (Å²) in [5.41, 5.74) is 1.55. The van der Waals surface area contributed by atoms with E-state index >= 15 is 0 Å². The maximum absolute atomic E-state index is 12.0. The Balaban J connectivity index is 1.98. The summed E-state index contributed by atoms with van der Waals surface area (Å²) in [5, 5.41) is 8.89. The molecule has 18 heavy (non-hydrogen) atoms. The molecule has 0 saturated carbocycles. The van der Waals surface area contributed by atoms with E-state index in [-0.39, 0.29) is 5.91 Å². The first-order valence-electron chi connectivity index (χ1n) is 5.66. The number of amides is 1. The van der Waals surface area contributed by atoms with Crippen molar-refractivity contribution in [2.45, 2.75) is 0 Å². The van der Waals surface area contributed by atoms with Crippen LogP contribution >= 0.6 is 11.3 Å². The fourth-order valence-electron chi connectivity index (χ4n) is 1.92. The summed E-state index contributed by atoms with van der Waals surface area (Å²) in [6.07, 6.45) is 0. The van der Waals surface area contributed by atoms with E-state index in [2.05, 4.69) is 5.32 Å². The van der Waals surface area contributed by atoms with Crippen molar-refractivity contribution in [2.24, 2.45) is 0 Å². The van der Waals surface area contributed by atoms with Gasteiger partial charge in [-0.05, 0) is 22.9 Å². The van der Waals surface area contributed by atoms with Crippen LogP contribution in [0.3, 0.4) is 0 Å². The second-order valence-corrected chi connectivity index (χ2v) is 4.77. The van der Waals surface area contributed by atoms with Gasteiger partial charge in [0.2, 0.25) is 0 Å². The smallest absolute Gasteiger partial charge is 0.256 e. The van der Waals surface area contributed by atoms with Crippen LogP contribution in [0.15, 0.2) is 59.3 Å². The molecule has 88 valence electrons. The Bertz CT molecular complexity index is 683. The Morgan fingerprint density at radius 2 is 1.83 bits per heavy atom. The minimum atomic E-state index is -0.0624. The quantitative estimate of drug-likeness (QED) is 0.730. The first-order valence-corrected chi connectivity index (χ1v) is 6.60. The second kappa shape index (κ2) is 4.63. The summed E-state index contributed by atoms with van der Waals surface area (Å²) in [4.78, 5) is 12.0. The van der Waals surface area contributed by atoms with Gasteiger partial charge in [-0.1, -0.05) is 36.4 Å². The van der Waals surface area contributed by atoms with Crippen LogP contribution in [0.4, 0.5) is 5.69 Å². The van der Waals surface area contributed by atoms with Crippen molar-refractivity contribution >= 4 is 33.7 Å². The summed E-state index contributed by atoms with van der Waals surface area (Å²) in [5.74, 6) is -0.0624. The predicted molar refractivity (Wildman–Crippen MR) is 76.2 cm³/mol. The minimum absolute atomic E-state index is 0.0624. The highest BCUT2D eigenvalue weighted by atomic mass is 32.1. The van der Waals surface area contributed by atoms with Gasteiger partial charge in [0.15, 0.2) is 0 Å². The van der Waals surface area contributed by atoms with Crippen molar-refractivity contribution in [3.63, 3.8) is 0 Å². The van der Waals surface area contributed by atoms with Gasteiger partial charge in [-0.25, -0.2) is 0 Å². The molecule has 1 N–H and O–H groups in total. The average Bonchev–Trinajstić information content (AvgIpc) is 2.93. The summed E-state index contributed by atoms with van der Waals surface area (Å²) in [6, 6.07) is 15.8. The average molecular weight is 253 g/mol. The highest BCUT2D eigenvalue weighted by Gasteiger charge is 2.07. The van der Waals surface area contributed by atoms with E-state index < -0.39 is 0 Å². The van der Waals surface area contributed by atoms with E-state index in [4.69, 9.17) is 0 Å². The van der Waals surface area contributed by atoms with E-state index in [1.54, 1.807) is 0 Å². The number of rotatable bonds is 2. The fraction of sp³-hybridized carbons (Fsp3) is 0. The third-order valence-corrected chi connectivity index (χ3v) is 3.50. The number of hydrogen-bond donors (Lipinski definition) is 1. The zero-order chi connectivity index (χ0) is 12.4. The Morgan fingerprint density at radius 1 is 1.00 bits per heavy atom. The Morgan fingerprint density at radius 3 is 2.67 bits per heavy atom. The van der Waals surface area contributed by atoms with E-state index in [1.807, 2.05) is 59.3 Å². The molecule has 0 saturated heterocycles. The molecule has 0 fully saturated rings. The highest BCUT2D eigenvalue weighted by Crippen LogP contribution is 2.23. The number of fused-ring (bicyclic) bond motifs is 1. The van der Waals surface area contributed by atoms with Crippen molar-refractivity contribution in [2.75, 3.05) is 5.32 Å². The lowest BCUT2D eigenvalue weighted by atomic mass is 10.1. The van der Waals surface area contributed by atoms with Crippen molar-refractivity contribution in [3.05, 3.63) is 64.9 Å². The van der Waals surface area contributed by atoms with E-state index in [0.29, 0.717) is 5.56 Å². The molecule has 0 unspecified atom stereocenters. The molecule has 0 radical (unpaired) electrons. The molecule has 2 nitrogen and oxygen atoms in total. The van der Waals surface area contributed by atoms with Gasteiger partial charge < -0.3 is 5.32 Å². The molecule has 1 heterocycles. The van der Waals surface area contributed by atoms with E-state index in [1.165, 1.54) is 11.3 Å². The minimum Gasteiger partial charge on any atom is -0.321 e. The van der Waals surface area contributed by atoms with Gasteiger partial charge in [-0.2, -0.15) is 11.3 Å². The van der Waals surface area contributed by atoms with Crippen LogP contribution < -0.4 is 5.32 Å². The normalized spacial score (nSPS) is 10.4. The van der Waals surface area contributed by atoms with Gasteiger partial charge in [-0.15, -0.1) is 0 Å². The molecule has 0 aliphatic carbocycles. The number of anilines is 1. The predicted octanol–water partition coefficient (Wildman–Crippen LogP) is 4.15. The van der Waals surface area contributed by atoms with Gasteiger partial charge in [0.1, 0.15) is 0 Å². The van der Waals surface area contributed by atoms with Gasteiger partial charge in [0.25, 0.3) is 5.91 Å². The topological polar surface area (TPSA) is 29.1 Å². The lowest BCUT2D eigenvalue weighted by Crippen LogP contribution is -2.10. The van der Waals surface area contributed by atoms with Crippen LogP contribution in [0.25, 0.3) is 10.8 Å². The summed E-state index contributed by atoms with van der Waals surface area (Å²) < 4.78 is 0. The molecular weight excluding hydrogens is 242 g/mol. The van der Waals surface area contributed by atoms with Gasteiger partial charge in [-0.3, -0.25) is 4.79 Å². The molecule has 2 aromatic carbocycles. The van der Waals surface area contributed by atoms with Crippen LogP contribution in [0.2, 0.25) is 0 Å². The number of thiophene rings is 1. The lowest BCUT2D eigenvalue weighted by molar-refractivity contribution is 0.102. The third-order valence-electron chi connectivity index (χ3n) is 2.82. The number of carbonyl (C=O) groups is 1. The van der Waals surface area contributed by atoms with E-state index in [0.717, 1.165) is 16.5 Å². The fourth-order valence-corrected chi connectivity index (χ4v) is 2.56. The number of carbonyl (C=O) groups excluding carboxylic acids is 1. The lowest BCUT2D eigenvalue weighted by Gasteiger charge is -2.07. The summed E-state index contributed by atoms with van der Waals surface area (Å²) in [7, 11) is 0. The zero-order valence-corrected chi connectivity index (χ0v) is 10.4. The van der Waals surface area contributed by atoms with Crippen molar-refractivity contribution in [1.82, 2.24) is 0 Å². The molecule has 3 aromatic rings. The summed E-state index contributed by atoms with van der Waals surface area (Å²) in [6.45, 7) is 0. The maximum Gasteiger partial charge on any atom is 0.256 e. The third kappa shape index (κ3) is 2.00. The molecule has 1 aromatic heterocycles. The van der Waals surface area contributed by atoms with Crippen LogP contribution in [0, 0.1) is 0 Å². The molecule has 0 aliphatic heterocycles. The van der Waals surface area contributed by atoms with Crippen molar-refractivity contribution in [3.8, 4) is 0 Å². The molecule has 3 rings (SSSR count). The largest absolute Gasteiger partial charge is 0.321 e. The monoisotopic (exact) mass is 253 g/mol. The van der Waals surface area contributed by atoms with Crippen LogP contribution in [-0.4, -0.2) is 5.91 Å². The Kier molecular flexibility index (Phi) is 2.82. The molecule has 3 heteroatoms. The van der Waals surface area contributed by atoms with Gasteiger partial charge in [0.05, 0.1) is 5.56 Å². The standard InChI is InChI=1S/C15H11NOS/c17-15(12-8-9-18-10-12)16-14-7-3-5-11-4-1-2-6-13(11)14/h1-10H,(H,16,17). The number of nitrogens with one attached hydrogen (secondary N) is 1. The maximum atomic E-state index is 12.0. The second-order valence-electron chi connectivity index (χ2n) is 3.99. The van der Waals surface area contributed by atoms with Crippen molar-refractivity contribution < 1.29 is 4.79 Å². The van der Waals surface area contributed by atoms with Gasteiger partial charge in [0, 0.05) is 16.5 Å². The highest BCUT2D eigenvalue weighted by molar-refractivity contribution is 7.08. The number of benzene rings is 2. The SMILES string of the molecule is O=C(Nc1cccc2ccccc12)c1ccsc1. The molecule has 0 spiro atoms. The van der Waals surface area contributed by atoms with Crippen LogP contribution in [0.1, 0.15) is 10.4 Å². The summed E-state index contributed by atoms with van der Waals surface area (Å²) >= 11 is 1.52. The van der Waals surface area contributed by atoms with Crippen LogP contribution in [-0.2, 0) is 0 Å².